The molecule has 9 heteroatoms. The molecule has 1 unspecified atom stereocenters. The Kier molecular flexibility index (Phi) is 6.15. The van der Waals surface area contributed by atoms with Crippen molar-refractivity contribution in [2.45, 2.75) is 30.2 Å². The van der Waals surface area contributed by atoms with Gasteiger partial charge in [-0.1, -0.05) is 6.42 Å². The lowest BCUT2D eigenvalue weighted by atomic mass is 10.1. The molecular formula is C18H24N4O4S. The van der Waals surface area contributed by atoms with Crippen LogP contribution in [0.15, 0.2) is 52.0 Å². The van der Waals surface area contributed by atoms with Gasteiger partial charge in [-0.25, -0.2) is 18.4 Å². The molecule has 0 aliphatic carbocycles. The first-order valence-corrected chi connectivity index (χ1v) is 10.4. The summed E-state index contributed by atoms with van der Waals surface area (Å²) in [6.07, 6.45) is 5.14. The summed E-state index contributed by atoms with van der Waals surface area (Å²) in [7, 11) is -3.75. The topological polar surface area (TPSA) is 118 Å². The molecule has 0 radical (unpaired) electrons. The second-order valence-electron chi connectivity index (χ2n) is 6.53. The molecule has 0 spiro atoms. The molecule has 146 valence electrons. The number of benzene rings is 1. The number of piperidine rings is 1. The highest BCUT2D eigenvalue weighted by atomic mass is 32.2. The standard InChI is InChI=1S/C18H24N4O4S/c19-27(24,25)15-8-6-14(7-9-15)21-18(23)20-13-16(17-5-4-12-26-17)22-10-2-1-3-11-22/h4-9,12,16H,1-3,10-11,13H2,(H2,19,24,25)(H2,20,21,23). The van der Waals surface area contributed by atoms with Gasteiger partial charge in [0.05, 0.1) is 17.2 Å². The second kappa shape index (κ2) is 8.55. The molecule has 4 N–H and O–H groups in total. The van der Waals surface area contributed by atoms with Crippen LogP contribution in [0.2, 0.25) is 0 Å². The summed E-state index contributed by atoms with van der Waals surface area (Å²) >= 11 is 0. The minimum Gasteiger partial charge on any atom is -0.468 e. The van der Waals surface area contributed by atoms with Crippen LogP contribution in [-0.4, -0.2) is 39.0 Å². The summed E-state index contributed by atoms with van der Waals surface area (Å²) in [4.78, 5) is 14.6. The molecule has 2 aromatic rings. The van der Waals surface area contributed by atoms with Gasteiger partial charge >= 0.3 is 6.03 Å². The van der Waals surface area contributed by atoms with Crippen molar-refractivity contribution in [3.8, 4) is 0 Å². The van der Waals surface area contributed by atoms with Gasteiger partial charge < -0.3 is 15.1 Å². The number of likely N-dealkylation sites (tertiary alicyclic amines) is 1. The number of anilines is 1. The number of carbonyl (C=O) groups is 1. The molecule has 1 aromatic heterocycles. The number of carbonyl (C=O) groups excluding carboxylic acids is 1. The molecule has 0 bridgehead atoms. The second-order valence-corrected chi connectivity index (χ2v) is 8.09. The van der Waals surface area contributed by atoms with E-state index >= 15 is 0 Å². The minimum absolute atomic E-state index is 0.00330. The van der Waals surface area contributed by atoms with E-state index in [9.17, 15) is 13.2 Å². The predicted molar refractivity (Wildman–Crippen MR) is 102 cm³/mol. The van der Waals surface area contributed by atoms with Gasteiger partial charge in [-0.2, -0.15) is 0 Å². The number of nitrogens with two attached hydrogens (primary N) is 1. The Labute approximate surface area is 158 Å². The molecule has 8 nitrogen and oxygen atoms in total. The highest BCUT2D eigenvalue weighted by Gasteiger charge is 2.24. The number of hydrogen-bond donors (Lipinski definition) is 3. The maximum atomic E-state index is 12.2. The monoisotopic (exact) mass is 392 g/mol. The van der Waals surface area contributed by atoms with E-state index in [4.69, 9.17) is 9.56 Å². The highest BCUT2D eigenvalue weighted by molar-refractivity contribution is 7.89. The van der Waals surface area contributed by atoms with E-state index in [1.165, 1.54) is 30.7 Å². The van der Waals surface area contributed by atoms with Crippen LogP contribution >= 0.6 is 0 Å². The van der Waals surface area contributed by atoms with Crippen molar-refractivity contribution in [3.05, 3.63) is 48.4 Å². The summed E-state index contributed by atoms with van der Waals surface area (Å²) in [6, 6.07) is 9.07. The number of primary sulfonamides is 1. The van der Waals surface area contributed by atoms with E-state index in [-0.39, 0.29) is 17.0 Å². The fourth-order valence-corrected chi connectivity index (χ4v) is 3.73. The van der Waals surface area contributed by atoms with E-state index in [0.717, 1.165) is 31.7 Å². The Bertz CT molecular complexity index is 844. The summed E-state index contributed by atoms with van der Waals surface area (Å²) in [6.45, 7) is 2.36. The Hall–Kier alpha value is -2.36. The van der Waals surface area contributed by atoms with Crippen LogP contribution < -0.4 is 15.8 Å². The van der Waals surface area contributed by atoms with E-state index < -0.39 is 10.0 Å². The normalized spacial score (nSPS) is 16.6. The third-order valence-electron chi connectivity index (χ3n) is 4.60. The zero-order valence-corrected chi connectivity index (χ0v) is 15.7. The first-order valence-electron chi connectivity index (χ1n) is 8.88. The van der Waals surface area contributed by atoms with Gasteiger partial charge in [0.25, 0.3) is 0 Å². The summed E-state index contributed by atoms with van der Waals surface area (Å²) < 4.78 is 28.1. The van der Waals surface area contributed by atoms with Crippen LogP contribution in [0.5, 0.6) is 0 Å². The van der Waals surface area contributed by atoms with Crippen LogP contribution in [0.25, 0.3) is 0 Å². The number of rotatable bonds is 6. The number of hydrogen-bond acceptors (Lipinski definition) is 5. The smallest absolute Gasteiger partial charge is 0.319 e. The van der Waals surface area contributed by atoms with Gasteiger partial charge in [-0.05, 0) is 62.3 Å². The quantitative estimate of drug-likeness (QED) is 0.697. The first kappa shape index (κ1) is 19.4. The van der Waals surface area contributed by atoms with Gasteiger partial charge in [0.2, 0.25) is 10.0 Å². The van der Waals surface area contributed by atoms with Crippen molar-refractivity contribution >= 4 is 21.7 Å². The molecule has 1 fully saturated rings. The van der Waals surface area contributed by atoms with Gasteiger partial charge in [0.1, 0.15) is 5.76 Å². The van der Waals surface area contributed by atoms with Gasteiger partial charge in [0, 0.05) is 12.2 Å². The molecule has 1 atom stereocenters. The molecule has 2 amide bonds. The van der Waals surface area contributed by atoms with Gasteiger partial charge in [-0.3, -0.25) is 4.90 Å². The number of nitrogens with one attached hydrogen (secondary N) is 2. The van der Waals surface area contributed by atoms with Crippen LogP contribution in [0.3, 0.4) is 0 Å². The van der Waals surface area contributed by atoms with Crippen molar-refractivity contribution in [1.82, 2.24) is 10.2 Å². The summed E-state index contributed by atoms with van der Waals surface area (Å²) in [5, 5.41) is 10.6. The van der Waals surface area contributed by atoms with E-state index in [1.807, 2.05) is 12.1 Å². The zero-order valence-electron chi connectivity index (χ0n) is 14.9. The molecular weight excluding hydrogens is 368 g/mol. The van der Waals surface area contributed by atoms with Gasteiger partial charge in [-0.15, -0.1) is 0 Å². The molecule has 27 heavy (non-hydrogen) atoms. The van der Waals surface area contributed by atoms with Crippen molar-refractivity contribution in [3.63, 3.8) is 0 Å². The first-order chi connectivity index (χ1) is 12.9. The lowest BCUT2D eigenvalue weighted by molar-refractivity contribution is 0.144. The minimum atomic E-state index is -3.75. The van der Waals surface area contributed by atoms with Crippen LogP contribution in [0.1, 0.15) is 31.1 Å². The van der Waals surface area contributed by atoms with Crippen molar-refractivity contribution in [2.75, 3.05) is 25.0 Å². The van der Waals surface area contributed by atoms with E-state index in [0.29, 0.717) is 12.2 Å². The third kappa shape index (κ3) is 5.31. The Morgan fingerprint density at radius 3 is 2.44 bits per heavy atom. The number of sulfonamides is 1. The molecule has 2 heterocycles. The lowest BCUT2D eigenvalue weighted by Gasteiger charge is -2.33. The summed E-state index contributed by atoms with van der Waals surface area (Å²) in [5.41, 5.74) is 0.479. The Morgan fingerprint density at radius 1 is 1.15 bits per heavy atom. The van der Waals surface area contributed by atoms with E-state index in [1.54, 1.807) is 6.26 Å². The molecule has 3 rings (SSSR count). The molecule has 0 saturated carbocycles. The average molecular weight is 392 g/mol. The maximum absolute atomic E-state index is 12.2. The predicted octanol–water partition coefficient (Wildman–Crippen LogP) is 2.28. The Morgan fingerprint density at radius 2 is 1.85 bits per heavy atom. The van der Waals surface area contributed by atoms with Crippen LogP contribution in [0.4, 0.5) is 10.5 Å². The SMILES string of the molecule is NS(=O)(=O)c1ccc(NC(=O)NCC(c2ccco2)N2CCCCC2)cc1. The lowest BCUT2D eigenvalue weighted by Crippen LogP contribution is -2.41. The fraction of sp³-hybridized carbons (Fsp3) is 0.389. The van der Waals surface area contributed by atoms with Gasteiger partial charge in [0.15, 0.2) is 0 Å². The number of amides is 2. The summed E-state index contributed by atoms with van der Waals surface area (Å²) in [5.74, 6) is 0.828. The van der Waals surface area contributed by atoms with Crippen molar-refractivity contribution < 1.29 is 17.6 Å². The van der Waals surface area contributed by atoms with Crippen LogP contribution in [0, 0.1) is 0 Å². The number of furan rings is 1. The highest BCUT2D eigenvalue weighted by Crippen LogP contribution is 2.24. The fourth-order valence-electron chi connectivity index (χ4n) is 3.21. The molecule has 1 aromatic carbocycles. The van der Waals surface area contributed by atoms with E-state index in [2.05, 4.69) is 15.5 Å². The molecule has 1 aliphatic heterocycles. The number of urea groups is 1. The number of nitrogens with zero attached hydrogens (tertiary/aromatic N) is 1. The zero-order chi connectivity index (χ0) is 19.3. The van der Waals surface area contributed by atoms with Crippen molar-refractivity contribution in [1.29, 1.82) is 0 Å². The molecule has 1 saturated heterocycles. The Balaban J connectivity index is 1.59. The molecule has 1 aliphatic rings. The van der Waals surface area contributed by atoms with Crippen LogP contribution in [-0.2, 0) is 10.0 Å². The maximum Gasteiger partial charge on any atom is 0.319 e. The largest absolute Gasteiger partial charge is 0.468 e. The third-order valence-corrected chi connectivity index (χ3v) is 5.53. The van der Waals surface area contributed by atoms with Crippen molar-refractivity contribution in [2.24, 2.45) is 5.14 Å². The average Bonchev–Trinajstić information content (AvgIpc) is 3.17.